The number of alkyl halides is 3. The molecule has 28 heavy (non-hydrogen) atoms. The summed E-state index contributed by atoms with van der Waals surface area (Å²) in [6.45, 7) is 3.80. The highest BCUT2D eigenvalue weighted by Crippen LogP contribution is 2.30. The van der Waals surface area contributed by atoms with Gasteiger partial charge in [0, 0.05) is 5.69 Å². The zero-order valence-electron chi connectivity index (χ0n) is 15.1. The number of amides is 2. The Hall–Kier alpha value is -3.36. The number of halogens is 3. The highest BCUT2D eigenvalue weighted by Gasteiger charge is 2.30. The topological polar surface area (TPSA) is 79.8 Å². The van der Waals surface area contributed by atoms with Crippen LogP contribution < -0.4 is 15.5 Å². The fourth-order valence-electron chi connectivity index (χ4n) is 2.08. The lowest BCUT2D eigenvalue weighted by atomic mass is 10.2. The van der Waals surface area contributed by atoms with E-state index in [0.29, 0.717) is 11.3 Å². The van der Waals surface area contributed by atoms with Gasteiger partial charge >= 0.3 is 18.0 Å². The molecule has 0 heterocycles. The van der Waals surface area contributed by atoms with Crippen LogP contribution in [0, 0.1) is 0 Å². The van der Waals surface area contributed by atoms with Gasteiger partial charge in [-0.25, -0.2) is 5.43 Å². The summed E-state index contributed by atoms with van der Waals surface area (Å²) in [5, 5.41) is 5.73. The number of hydrogen-bond donors (Lipinski definition) is 2. The second-order valence-electron chi connectivity index (χ2n) is 5.97. The molecule has 148 valence electrons. The Bertz CT molecular complexity index is 863. The first-order valence-corrected chi connectivity index (χ1v) is 8.23. The van der Waals surface area contributed by atoms with Crippen LogP contribution in [0.5, 0.6) is 5.75 Å². The fraction of sp³-hybridized carbons (Fsp3) is 0.211. The lowest BCUT2D eigenvalue weighted by Gasteiger charge is -2.09. The minimum absolute atomic E-state index is 0.0362. The van der Waals surface area contributed by atoms with E-state index in [4.69, 9.17) is 4.74 Å². The average Bonchev–Trinajstić information content (AvgIpc) is 2.62. The van der Waals surface area contributed by atoms with E-state index in [0.717, 1.165) is 18.2 Å². The standard InChI is InChI=1S/C19H18F3N3O3/c1-12(2)28-16-8-6-13(7-9-16)11-23-25-18(27)17(26)24-15-5-3-4-14(10-15)19(20,21)22/h3-12H,1-2H3,(H,24,26)(H,25,27). The number of carbonyl (C=O) groups is 2. The summed E-state index contributed by atoms with van der Waals surface area (Å²) in [6, 6.07) is 10.8. The van der Waals surface area contributed by atoms with Crippen molar-refractivity contribution in [3.63, 3.8) is 0 Å². The van der Waals surface area contributed by atoms with Crippen molar-refractivity contribution in [2.75, 3.05) is 5.32 Å². The molecule has 2 N–H and O–H groups in total. The highest BCUT2D eigenvalue weighted by molar-refractivity contribution is 6.39. The van der Waals surface area contributed by atoms with Crippen LogP contribution in [0.1, 0.15) is 25.0 Å². The third-order valence-electron chi connectivity index (χ3n) is 3.29. The quantitative estimate of drug-likeness (QED) is 0.463. The van der Waals surface area contributed by atoms with E-state index in [1.807, 2.05) is 19.3 Å². The lowest BCUT2D eigenvalue weighted by molar-refractivity contribution is -0.137. The van der Waals surface area contributed by atoms with Crippen molar-refractivity contribution >= 4 is 23.7 Å². The number of nitrogens with one attached hydrogen (secondary N) is 2. The Balaban J connectivity index is 1.90. The Morgan fingerprint density at radius 1 is 1.07 bits per heavy atom. The van der Waals surface area contributed by atoms with Gasteiger partial charge in [0.05, 0.1) is 17.9 Å². The molecule has 0 radical (unpaired) electrons. The molecule has 0 saturated carbocycles. The summed E-state index contributed by atoms with van der Waals surface area (Å²) < 4.78 is 43.5. The van der Waals surface area contributed by atoms with Gasteiger partial charge in [0.2, 0.25) is 0 Å². The Morgan fingerprint density at radius 3 is 2.36 bits per heavy atom. The number of benzene rings is 2. The van der Waals surface area contributed by atoms with Crippen LogP contribution in [0.3, 0.4) is 0 Å². The van der Waals surface area contributed by atoms with E-state index in [9.17, 15) is 22.8 Å². The molecule has 0 aliphatic heterocycles. The van der Waals surface area contributed by atoms with E-state index in [2.05, 4.69) is 10.4 Å². The number of ether oxygens (including phenoxy) is 1. The molecule has 0 aliphatic rings. The van der Waals surface area contributed by atoms with E-state index in [-0.39, 0.29) is 11.8 Å². The SMILES string of the molecule is CC(C)Oc1ccc(C=NNC(=O)C(=O)Nc2cccc(C(F)(F)F)c2)cc1. The Labute approximate surface area is 159 Å². The molecule has 2 amide bonds. The van der Waals surface area contributed by atoms with E-state index in [1.54, 1.807) is 24.3 Å². The number of hydrogen-bond acceptors (Lipinski definition) is 4. The molecule has 9 heteroatoms. The zero-order chi connectivity index (χ0) is 20.7. The Morgan fingerprint density at radius 2 is 1.75 bits per heavy atom. The predicted molar refractivity (Wildman–Crippen MR) is 98.0 cm³/mol. The summed E-state index contributed by atoms with van der Waals surface area (Å²) >= 11 is 0. The predicted octanol–water partition coefficient (Wildman–Crippen LogP) is 3.58. The van der Waals surface area contributed by atoms with Gasteiger partial charge < -0.3 is 10.1 Å². The van der Waals surface area contributed by atoms with Gasteiger partial charge in [-0.15, -0.1) is 0 Å². The molecule has 0 saturated heterocycles. The molecule has 0 unspecified atom stereocenters. The number of carbonyl (C=O) groups excluding carboxylic acids is 2. The molecule has 6 nitrogen and oxygen atoms in total. The van der Waals surface area contributed by atoms with Crippen molar-refractivity contribution in [2.45, 2.75) is 26.1 Å². The molecule has 2 rings (SSSR count). The van der Waals surface area contributed by atoms with Crippen molar-refractivity contribution in [3.05, 3.63) is 59.7 Å². The first kappa shape index (κ1) is 20.9. The molecule has 0 aliphatic carbocycles. The molecule has 0 aromatic heterocycles. The van der Waals surface area contributed by atoms with Gasteiger partial charge in [-0.1, -0.05) is 6.07 Å². The third kappa shape index (κ3) is 6.42. The van der Waals surface area contributed by atoms with Crippen molar-refractivity contribution in [1.29, 1.82) is 0 Å². The van der Waals surface area contributed by atoms with Gasteiger partial charge in [-0.05, 0) is 61.9 Å². The largest absolute Gasteiger partial charge is 0.491 e. The molecule has 0 bridgehead atoms. The molecule has 0 spiro atoms. The van der Waals surface area contributed by atoms with Gasteiger partial charge in [-0.2, -0.15) is 18.3 Å². The van der Waals surface area contributed by atoms with Gasteiger partial charge in [0.25, 0.3) is 0 Å². The number of nitrogens with zero attached hydrogens (tertiary/aromatic N) is 1. The second-order valence-corrected chi connectivity index (χ2v) is 5.97. The van der Waals surface area contributed by atoms with Crippen LogP contribution in [0.15, 0.2) is 53.6 Å². The summed E-state index contributed by atoms with van der Waals surface area (Å²) in [6.07, 6.45) is -3.20. The number of anilines is 1. The summed E-state index contributed by atoms with van der Waals surface area (Å²) in [5.41, 5.74) is 1.57. The zero-order valence-corrected chi connectivity index (χ0v) is 15.1. The van der Waals surface area contributed by atoms with Crippen LogP contribution in [0.25, 0.3) is 0 Å². The lowest BCUT2D eigenvalue weighted by Crippen LogP contribution is -2.32. The second kappa shape index (κ2) is 9.03. The van der Waals surface area contributed by atoms with Crippen molar-refractivity contribution in [1.82, 2.24) is 5.43 Å². The molecule has 2 aromatic rings. The van der Waals surface area contributed by atoms with Crippen molar-refractivity contribution in [2.24, 2.45) is 5.10 Å². The summed E-state index contributed by atoms with van der Waals surface area (Å²) in [5.74, 6) is -1.58. The molecular formula is C19H18F3N3O3. The summed E-state index contributed by atoms with van der Waals surface area (Å²) in [4.78, 5) is 23.5. The maximum absolute atomic E-state index is 12.7. The van der Waals surface area contributed by atoms with E-state index < -0.39 is 23.6 Å². The fourth-order valence-corrected chi connectivity index (χ4v) is 2.08. The van der Waals surface area contributed by atoms with Crippen LogP contribution in [-0.4, -0.2) is 24.1 Å². The molecule has 2 aromatic carbocycles. The van der Waals surface area contributed by atoms with Gasteiger partial charge in [-0.3, -0.25) is 9.59 Å². The number of hydrazone groups is 1. The first-order valence-electron chi connectivity index (χ1n) is 8.23. The minimum Gasteiger partial charge on any atom is -0.491 e. The van der Waals surface area contributed by atoms with Gasteiger partial charge in [0.1, 0.15) is 5.75 Å². The van der Waals surface area contributed by atoms with Crippen molar-refractivity contribution < 1.29 is 27.5 Å². The summed E-state index contributed by atoms with van der Waals surface area (Å²) in [7, 11) is 0. The number of rotatable bonds is 5. The van der Waals surface area contributed by atoms with E-state index >= 15 is 0 Å². The maximum atomic E-state index is 12.7. The van der Waals surface area contributed by atoms with E-state index in [1.165, 1.54) is 12.3 Å². The highest BCUT2D eigenvalue weighted by atomic mass is 19.4. The minimum atomic E-state index is -4.55. The monoisotopic (exact) mass is 393 g/mol. The molecule has 0 fully saturated rings. The molecule has 0 atom stereocenters. The average molecular weight is 393 g/mol. The first-order chi connectivity index (χ1) is 13.1. The van der Waals surface area contributed by atoms with Crippen LogP contribution >= 0.6 is 0 Å². The smallest absolute Gasteiger partial charge is 0.416 e. The normalized spacial score (nSPS) is 11.5. The Kier molecular flexibility index (Phi) is 6.75. The van der Waals surface area contributed by atoms with Crippen molar-refractivity contribution in [3.8, 4) is 5.75 Å². The van der Waals surface area contributed by atoms with Crippen LogP contribution in [0.2, 0.25) is 0 Å². The maximum Gasteiger partial charge on any atom is 0.416 e. The van der Waals surface area contributed by atoms with Crippen LogP contribution in [0.4, 0.5) is 18.9 Å². The third-order valence-corrected chi connectivity index (χ3v) is 3.29. The molecular weight excluding hydrogens is 375 g/mol. The van der Waals surface area contributed by atoms with Gasteiger partial charge in [0.15, 0.2) is 0 Å². The van der Waals surface area contributed by atoms with Crippen LogP contribution in [-0.2, 0) is 15.8 Å².